The summed E-state index contributed by atoms with van der Waals surface area (Å²) in [5.41, 5.74) is 17.5. The fourth-order valence-electron chi connectivity index (χ4n) is 10.7. The van der Waals surface area contributed by atoms with Crippen LogP contribution in [0.25, 0.3) is 21.9 Å². The van der Waals surface area contributed by atoms with Crippen molar-refractivity contribution in [2.24, 2.45) is 0 Å². The van der Waals surface area contributed by atoms with Crippen LogP contribution in [0, 0.1) is 0 Å². The molecule has 1 aliphatic carbocycles. The molecule has 2 unspecified atom stereocenters. The SMILES string of the molecule is CC(C)(C)c1cc2c3c(c1)C1(C)CCCCC1(C)N3B1c3cccc4c3N(c3ccccc3C4(C)C)c3c1c-2cc1ccccc31. The van der Waals surface area contributed by atoms with Crippen molar-refractivity contribution in [2.45, 2.75) is 95.9 Å². The summed E-state index contributed by atoms with van der Waals surface area (Å²) in [4.78, 5) is 5.66. The zero-order valence-electron chi connectivity index (χ0n) is 28.4. The minimum atomic E-state index is -0.100. The Morgan fingerprint density at radius 3 is 2.24 bits per heavy atom. The van der Waals surface area contributed by atoms with Crippen molar-refractivity contribution in [3.8, 4) is 11.1 Å². The first kappa shape index (κ1) is 27.2. The Labute approximate surface area is 274 Å². The lowest BCUT2D eigenvalue weighted by molar-refractivity contribution is 0.199. The van der Waals surface area contributed by atoms with E-state index < -0.39 is 0 Å². The van der Waals surface area contributed by atoms with Crippen molar-refractivity contribution in [3.05, 3.63) is 107 Å². The van der Waals surface area contributed by atoms with Crippen LogP contribution in [0.4, 0.5) is 22.7 Å². The van der Waals surface area contributed by atoms with Crippen LogP contribution in [-0.2, 0) is 16.2 Å². The minimum absolute atomic E-state index is 0.0249. The smallest absolute Gasteiger partial charge is 0.328 e. The number of hydrogen-bond donors (Lipinski definition) is 0. The summed E-state index contributed by atoms with van der Waals surface area (Å²) in [6, 6.07) is 33.3. The number of rotatable bonds is 0. The number of para-hydroxylation sites is 2. The maximum Gasteiger partial charge on any atom is 0.328 e. The molecule has 0 radical (unpaired) electrons. The van der Waals surface area contributed by atoms with Crippen LogP contribution in [0.2, 0.25) is 0 Å². The second-order valence-corrected chi connectivity index (χ2v) is 16.9. The molecule has 1 saturated carbocycles. The second-order valence-electron chi connectivity index (χ2n) is 16.9. The average Bonchev–Trinajstić information content (AvgIpc) is 3.25. The highest BCUT2D eigenvalue weighted by molar-refractivity contribution is 6.93. The van der Waals surface area contributed by atoms with Crippen molar-refractivity contribution in [1.82, 2.24) is 0 Å². The van der Waals surface area contributed by atoms with Crippen molar-refractivity contribution in [1.29, 1.82) is 0 Å². The summed E-state index contributed by atoms with van der Waals surface area (Å²) in [6.07, 6.45) is 5.07. The van der Waals surface area contributed by atoms with Gasteiger partial charge in [-0.25, -0.2) is 0 Å². The molecule has 5 aromatic rings. The monoisotopic (exact) mass is 598 g/mol. The summed E-state index contributed by atoms with van der Waals surface area (Å²) in [6.45, 7) is 17.4. The summed E-state index contributed by atoms with van der Waals surface area (Å²) in [5.74, 6) is 0. The van der Waals surface area contributed by atoms with Gasteiger partial charge in [0.2, 0.25) is 0 Å². The molecule has 0 N–H and O–H groups in total. The van der Waals surface area contributed by atoms with Crippen molar-refractivity contribution < 1.29 is 0 Å². The highest BCUT2D eigenvalue weighted by Gasteiger charge is 2.63. The minimum Gasteiger partial charge on any atom is -0.400 e. The first-order chi connectivity index (χ1) is 22.0. The maximum absolute atomic E-state index is 2.98. The topological polar surface area (TPSA) is 6.48 Å². The summed E-state index contributed by atoms with van der Waals surface area (Å²) in [7, 11) is 0. The molecule has 10 rings (SSSR count). The normalized spacial score (nSPS) is 24.3. The van der Waals surface area contributed by atoms with Crippen LogP contribution in [0.1, 0.15) is 96.4 Å². The van der Waals surface area contributed by atoms with E-state index in [1.165, 1.54) is 97.9 Å². The van der Waals surface area contributed by atoms with E-state index in [9.17, 15) is 0 Å². The Hall–Kier alpha value is -3.98. The molecule has 5 aliphatic rings. The number of anilines is 4. The van der Waals surface area contributed by atoms with Gasteiger partial charge < -0.3 is 9.71 Å². The molecule has 0 spiro atoms. The Kier molecular flexibility index (Phi) is 4.90. The van der Waals surface area contributed by atoms with Crippen LogP contribution in [0.3, 0.4) is 0 Å². The zero-order chi connectivity index (χ0) is 31.5. The Morgan fingerprint density at radius 1 is 0.674 bits per heavy atom. The molecule has 2 atom stereocenters. The molecule has 4 heterocycles. The summed E-state index contributed by atoms with van der Waals surface area (Å²) >= 11 is 0. The van der Waals surface area contributed by atoms with Crippen molar-refractivity contribution in [2.75, 3.05) is 9.71 Å². The van der Waals surface area contributed by atoms with E-state index in [0.717, 1.165) is 0 Å². The zero-order valence-corrected chi connectivity index (χ0v) is 28.4. The first-order valence-electron chi connectivity index (χ1n) is 17.5. The molecule has 46 heavy (non-hydrogen) atoms. The maximum atomic E-state index is 2.98. The van der Waals surface area contributed by atoms with Gasteiger partial charge in [0, 0.05) is 38.7 Å². The molecule has 0 saturated heterocycles. The molecule has 2 nitrogen and oxygen atoms in total. The predicted molar refractivity (Wildman–Crippen MR) is 197 cm³/mol. The fourth-order valence-corrected chi connectivity index (χ4v) is 10.7. The summed E-state index contributed by atoms with van der Waals surface area (Å²) < 4.78 is 0. The van der Waals surface area contributed by atoms with Crippen LogP contribution >= 0.6 is 0 Å². The van der Waals surface area contributed by atoms with E-state index in [1.807, 2.05) is 0 Å². The van der Waals surface area contributed by atoms with E-state index in [-0.39, 0.29) is 28.6 Å². The highest BCUT2D eigenvalue weighted by Crippen LogP contribution is 2.64. The average molecular weight is 599 g/mol. The molecule has 0 bridgehead atoms. The van der Waals surface area contributed by atoms with E-state index in [0.29, 0.717) is 0 Å². The molecule has 0 amide bonds. The molecule has 1 fully saturated rings. The number of hydrogen-bond acceptors (Lipinski definition) is 2. The van der Waals surface area contributed by atoms with Gasteiger partial charge in [-0.2, -0.15) is 0 Å². The van der Waals surface area contributed by atoms with Gasteiger partial charge >= 0.3 is 6.85 Å². The third-order valence-corrected chi connectivity index (χ3v) is 13.3. The van der Waals surface area contributed by atoms with Crippen molar-refractivity contribution >= 4 is 51.3 Å². The molecule has 228 valence electrons. The Bertz CT molecular complexity index is 2190. The molecule has 5 aromatic carbocycles. The van der Waals surface area contributed by atoms with Gasteiger partial charge in [0.15, 0.2) is 0 Å². The first-order valence-corrected chi connectivity index (χ1v) is 17.5. The lowest BCUT2D eigenvalue weighted by Crippen LogP contribution is -2.71. The lowest BCUT2D eigenvalue weighted by atomic mass is 9.41. The Balaban J connectivity index is 1.42. The molecule has 3 heteroatoms. The molecule has 4 aliphatic heterocycles. The largest absolute Gasteiger partial charge is 0.400 e. The van der Waals surface area contributed by atoms with Crippen molar-refractivity contribution in [3.63, 3.8) is 0 Å². The van der Waals surface area contributed by atoms with Gasteiger partial charge in [-0.15, -0.1) is 0 Å². The van der Waals surface area contributed by atoms with Crippen LogP contribution < -0.4 is 20.6 Å². The highest BCUT2D eigenvalue weighted by atomic mass is 15.2. The van der Waals surface area contributed by atoms with Gasteiger partial charge in [-0.1, -0.05) is 121 Å². The van der Waals surface area contributed by atoms with Gasteiger partial charge in [-0.05, 0) is 87.5 Å². The Morgan fingerprint density at radius 2 is 1.41 bits per heavy atom. The van der Waals surface area contributed by atoms with E-state index in [4.69, 9.17) is 0 Å². The van der Waals surface area contributed by atoms with Crippen LogP contribution in [0.15, 0.2) is 84.9 Å². The second kappa shape index (κ2) is 8.29. The quantitative estimate of drug-likeness (QED) is 0.164. The van der Waals surface area contributed by atoms with Crippen LogP contribution in [-0.4, -0.2) is 12.4 Å². The third kappa shape index (κ3) is 2.94. The number of fused-ring (bicyclic) bond motifs is 11. The van der Waals surface area contributed by atoms with Gasteiger partial charge in [-0.3, -0.25) is 0 Å². The van der Waals surface area contributed by atoms with E-state index in [1.54, 1.807) is 5.56 Å². The third-order valence-electron chi connectivity index (χ3n) is 13.3. The van der Waals surface area contributed by atoms with Gasteiger partial charge in [0.25, 0.3) is 0 Å². The number of nitrogens with zero attached hydrogens (tertiary/aromatic N) is 2. The van der Waals surface area contributed by atoms with Crippen LogP contribution in [0.5, 0.6) is 0 Å². The molecule has 0 aromatic heterocycles. The fraction of sp³-hybridized carbons (Fsp3) is 0.349. The standard InChI is InChI=1S/C43H43BN2/c1-40(2,3)27-24-30-29-23-26-15-8-9-16-28(26)38-36(29)44(46-37(30)33(25-27)42(6)21-12-13-22-43(42,46)7)34-19-14-18-32-39(34)45(38)35-20-11-10-17-31(35)41(32,4)5/h8-11,14-20,23-25H,12-13,21-22H2,1-7H3. The molecular weight excluding hydrogens is 555 g/mol. The molecular formula is C43H43BN2. The van der Waals surface area contributed by atoms with Gasteiger partial charge in [0.1, 0.15) is 0 Å². The van der Waals surface area contributed by atoms with E-state index >= 15 is 0 Å². The summed E-state index contributed by atoms with van der Waals surface area (Å²) in [5, 5.41) is 2.68. The van der Waals surface area contributed by atoms with E-state index in [2.05, 4.69) is 143 Å². The predicted octanol–water partition coefficient (Wildman–Crippen LogP) is 9.76. The van der Waals surface area contributed by atoms with Gasteiger partial charge in [0.05, 0.1) is 11.4 Å². The lowest BCUT2D eigenvalue weighted by Gasteiger charge is -2.56. The number of benzene rings is 5.